The summed E-state index contributed by atoms with van der Waals surface area (Å²) in [5.74, 6) is -0.572. The van der Waals surface area contributed by atoms with Gasteiger partial charge in [-0.3, -0.25) is 4.57 Å². The Balaban J connectivity index is 2.56. The van der Waals surface area contributed by atoms with Gasteiger partial charge in [0, 0.05) is 6.07 Å². The standard InChI is InChI=1S/C13H16FN3O2/c1-4-19-12(18)8(3)17-11-5-7(2)9(14)6-10(11)16-13(17)15/h5-6,8H,4H2,1-3H3,(H2,15,16). The zero-order valence-corrected chi connectivity index (χ0v) is 11.1. The normalized spacial score (nSPS) is 12.6. The van der Waals surface area contributed by atoms with E-state index in [0.717, 1.165) is 0 Å². The van der Waals surface area contributed by atoms with Crippen LogP contribution in [0.3, 0.4) is 0 Å². The third-order valence-corrected chi connectivity index (χ3v) is 3.01. The van der Waals surface area contributed by atoms with Crippen molar-refractivity contribution in [1.29, 1.82) is 0 Å². The van der Waals surface area contributed by atoms with Crippen LogP contribution in [0.15, 0.2) is 12.1 Å². The van der Waals surface area contributed by atoms with Gasteiger partial charge in [-0.15, -0.1) is 0 Å². The van der Waals surface area contributed by atoms with Crippen LogP contribution in [-0.4, -0.2) is 22.1 Å². The summed E-state index contributed by atoms with van der Waals surface area (Å²) >= 11 is 0. The molecule has 1 aromatic heterocycles. The maximum Gasteiger partial charge on any atom is 0.328 e. The van der Waals surface area contributed by atoms with Crippen LogP contribution < -0.4 is 5.73 Å². The molecule has 2 N–H and O–H groups in total. The predicted molar refractivity (Wildman–Crippen MR) is 70.2 cm³/mol. The molecule has 0 aliphatic rings. The van der Waals surface area contributed by atoms with Crippen LogP contribution in [0.1, 0.15) is 25.5 Å². The number of carbonyl (C=O) groups is 1. The molecule has 0 aliphatic carbocycles. The van der Waals surface area contributed by atoms with E-state index in [2.05, 4.69) is 4.98 Å². The fraction of sp³-hybridized carbons (Fsp3) is 0.385. The summed E-state index contributed by atoms with van der Waals surface area (Å²) in [6, 6.07) is 2.34. The van der Waals surface area contributed by atoms with Gasteiger partial charge < -0.3 is 10.5 Å². The number of ether oxygens (including phenoxy) is 1. The third kappa shape index (κ3) is 2.25. The van der Waals surface area contributed by atoms with Crippen LogP contribution in [-0.2, 0) is 9.53 Å². The van der Waals surface area contributed by atoms with E-state index in [0.29, 0.717) is 23.2 Å². The number of rotatable bonds is 3. The minimum Gasteiger partial charge on any atom is -0.464 e. The van der Waals surface area contributed by atoms with Gasteiger partial charge in [0.1, 0.15) is 11.9 Å². The molecular weight excluding hydrogens is 249 g/mol. The molecule has 0 bridgehead atoms. The summed E-state index contributed by atoms with van der Waals surface area (Å²) in [6.45, 7) is 5.36. The molecule has 2 rings (SSSR count). The van der Waals surface area contributed by atoms with E-state index in [1.807, 2.05) is 0 Å². The van der Waals surface area contributed by atoms with E-state index in [1.54, 1.807) is 31.4 Å². The number of anilines is 1. The lowest BCUT2D eigenvalue weighted by Gasteiger charge is -2.14. The Kier molecular flexibility index (Phi) is 3.42. The molecule has 1 aromatic carbocycles. The second-order valence-corrected chi connectivity index (χ2v) is 4.36. The second kappa shape index (κ2) is 4.87. The first-order chi connectivity index (χ1) is 8.95. The number of aryl methyl sites for hydroxylation is 1. The van der Waals surface area contributed by atoms with Gasteiger partial charge >= 0.3 is 5.97 Å². The van der Waals surface area contributed by atoms with E-state index in [1.165, 1.54) is 6.07 Å². The summed E-state index contributed by atoms with van der Waals surface area (Å²) in [6.07, 6.45) is 0. The Morgan fingerprint density at radius 3 is 2.89 bits per heavy atom. The number of imidazole rings is 1. The molecule has 2 aromatic rings. The maximum absolute atomic E-state index is 13.5. The first kappa shape index (κ1) is 13.3. The molecule has 1 heterocycles. The van der Waals surface area contributed by atoms with Gasteiger partial charge in [0.05, 0.1) is 17.6 Å². The maximum atomic E-state index is 13.5. The Labute approximate surface area is 110 Å². The predicted octanol–water partition coefficient (Wildman–Crippen LogP) is 2.19. The Morgan fingerprint density at radius 1 is 1.58 bits per heavy atom. The highest BCUT2D eigenvalue weighted by molar-refractivity contribution is 5.83. The number of hydrogen-bond donors (Lipinski definition) is 1. The van der Waals surface area contributed by atoms with E-state index >= 15 is 0 Å². The quantitative estimate of drug-likeness (QED) is 0.864. The number of halogens is 1. The van der Waals surface area contributed by atoms with Gasteiger partial charge in [0.2, 0.25) is 5.95 Å². The van der Waals surface area contributed by atoms with Crippen molar-refractivity contribution in [2.24, 2.45) is 0 Å². The van der Waals surface area contributed by atoms with Crippen molar-refractivity contribution < 1.29 is 13.9 Å². The Morgan fingerprint density at radius 2 is 2.26 bits per heavy atom. The Hall–Kier alpha value is -2.11. The number of nitrogens with zero attached hydrogens (tertiary/aromatic N) is 2. The van der Waals surface area contributed by atoms with Crippen LogP contribution >= 0.6 is 0 Å². The van der Waals surface area contributed by atoms with Gasteiger partial charge in [-0.1, -0.05) is 0 Å². The summed E-state index contributed by atoms with van der Waals surface area (Å²) < 4.78 is 20.0. The van der Waals surface area contributed by atoms with Crippen molar-refractivity contribution in [2.45, 2.75) is 26.8 Å². The molecule has 0 fully saturated rings. The van der Waals surface area contributed by atoms with Crippen LogP contribution in [0.4, 0.5) is 10.3 Å². The lowest BCUT2D eigenvalue weighted by atomic mass is 10.2. The number of esters is 1. The average Bonchev–Trinajstić information content (AvgIpc) is 2.65. The van der Waals surface area contributed by atoms with E-state index in [-0.39, 0.29) is 11.8 Å². The van der Waals surface area contributed by atoms with Crippen LogP contribution in [0, 0.1) is 12.7 Å². The fourth-order valence-corrected chi connectivity index (χ4v) is 2.01. The SMILES string of the molecule is CCOC(=O)C(C)n1c(N)nc2cc(F)c(C)cc21. The van der Waals surface area contributed by atoms with Crippen molar-refractivity contribution in [3.63, 3.8) is 0 Å². The largest absolute Gasteiger partial charge is 0.464 e. The van der Waals surface area contributed by atoms with E-state index in [9.17, 15) is 9.18 Å². The molecular formula is C13H16FN3O2. The van der Waals surface area contributed by atoms with Crippen molar-refractivity contribution in [1.82, 2.24) is 9.55 Å². The zero-order valence-electron chi connectivity index (χ0n) is 11.1. The van der Waals surface area contributed by atoms with Crippen LogP contribution in [0.25, 0.3) is 11.0 Å². The first-order valence-electron chi connectivity index (χ1n) is 6.06. The number of nitrogen functional groups attached to an aromatic ring is 1. The summed E-state index contributed by atoms with van der Waals surface area (Å²) in [7, 11) is 0. The summed E-state index contributed by atoms with van der Waals surface area (Å²) in [4.78, 5) is 15.9. The number of fused-ring (bicyclic) bond motifs is 1. The van der Waals surface area contributed by atoms with Crippen molar-refractivity contribution in [3.8, 4) is 0 Å². The second-order valence-electron chi connectivity index (χ2n) is 4.36. The topological polar surface area (TPSA) is 70.1 Å². The monoisotopic (exact) mass is 265 g/mol. The minimum atomic E-state index is -0.602. The molecule has 0 saturated heterocycles. The lowest BCUT2D eigenvalue weighted by Crippen LogP contribution is -2.20. The third-order valence-electron chi connectivity index (χ3n) is 3.01. The zero-order chi connectivity index (χ0) is 14.2. The van der Waals surface area contributed by atoms with Crippen LogP contribution in [0.5, 0.6) is 0 Å². The van der Waals surface area contributed by atoms with Crippen molar-refractivity contribution in [3.05, 3.63) is 23.5 Å². The molecule has 1 unspecified atom stereocenters. The molecule has 0 amide bonds. The van der Waals surface area contributed by atoms with Gasteiger partial charge in [0.25, 0.3) is 0 Å². The number of aromatic nitrogens is 2. The van der Waals surface area contributed by atoms with E-state index < -0.39 is 12.0 Å². The number of benzene rings is 1. The molecule has 0 saturated carbocycles. The summed E-state index contributed by atoms with van der Waals surface area (Å²) in [5, 5.41) is 0. The molecule has 102 valence electrons. The average molecular weight is 265 g/mol. The number of carbonyl (C=O) groups excluding carboxylic acids is 1. The highest BCUT2D eigenvalue weighted by atomic mass is 19.1. The molecule has 0 radical (unpaired) electrons. The molecule has 19 heavy (non-hydrogen) atoms. The van der Waals surface area contributed by atoms with E-state index in [4.69, 9.17) is 10.5 Å². The van der Waals surface area contributed by atoms with Crippen molar-refractivity contribution in [2.75, 3.05) is 12.3 Å². The molecule has 0 spiro atoms. The first-order valence-corrected chi connectivity index (χ1v) is 6.06. The number of hydrogen-bond acceptors (Lipinski definition) is 4. The minimum absolute atomic E-state index is 0.167. The number of nitrogens with two attached hydrogens (primary N) is 1. The molecule has 5 nitrogen and oxygen atoms in total. The van der Waals surface area contributed by atoms with Crippen molar-refractivity contribution >= 4 is 23.0 Å². The van der Waals surface area contributed by atoms with Crippen LogP contribution in [0.2, 0.25) is 0 Å². The lowest BCUT2D eigenvalue weighted by molar-refractivity contribution is -0.146. The molecule has 1 atom stereocenters. The van der Waals surface area contributed by atoms with Gasteiger partial charge in [-0.25, -0.2) is 14.2 Å². The van der Waals surface area contributed by atoms with Gasteiger partial charge in [-0.05, 0) is 32.4 Å². The highest BCUT2D eigenvalue weighted by Crippen LogP contribution is 2.25. The Bertz CT molecular complexity index is 636. The molecule has 6 heteroatoms. The molecule has 0 aliphatic heterocycles. The van der Waals surface area contributed by atoms with Gasteiger partial charge in [0.15, 0.2) is 0 Å². The van der Waals surface area contributed by atoms with Gasteiger partial charge in [-0.2, -0.15) is 0 Å². The fourth-order valence-electron chi connectivity index (χ4n) is 2.01. The smallest absolute Gasteiger partial charge is 0.328 e. The highest BCUT2D eigenvalue weighted by Gasteiger charge is 2.22. The summed E-state index contributed by atoms with van der Waals surface area (Å²) in [5.41, 5.74) is 7.34.